The van der Waals surface area contributed by atoms with Gasteiger partial charge in [-0.25, -0.2) is 17.6 Å². The SMILES string of the molecule is CCC(F)(F)C1CCC(/C(=C/C=C(/O)CF)CF)CC1. The van der Waals surface area contributed by atoms with Crippen LogP contribution >= 0.6 is 0 Å². The summed E-state index contributed by atoms with van der Waals surface area (Å²) in [5, 5.41) is 9.00. The first-order chi connectivity index (χ1) is 9.44. The topological polar surface area (TPSA) is 20.2 Å². The average Bonchev–Trinajstić information content (AvgIpc) is 2.48. The Labute approximate surface area is 117 Å². The Balaban J connectivity index is 2.63. The fourth-order valence-electron chi connectivity index (χ4n) is 2.71. The van der Waals surface area contributed by atoms with Crippen molar-refractivity contribution in [3.63, 3.8) is 0 Å². The van der Waals surface area contributed by atoms with E-state index in [1.807, 2.05) is 0 Å². The Morgan fingerprint density at radius 3 is 2.15 bits per heavy atom. The van der Waals surface area contributed by atoms with E-state index >= 15 is 0 Å². The van der Waals surface area contributed by atoms with Gasteiger partial charge in [-0.1, -0.05) is 13.0 Å². The van der Waals surface area contributed by atoms with E-state index in [9.17, 15) is 17.6 Å². The highest BCUT2D eigenvalue weighted by Gasteiger charge is 2.39. The summed E-state index contributed by atoms with van der Waals surface area (Å²) < 4.78 is 52.2. The van der Waals surface area contributed by atoms with Gasteiger partial charge in [-0.2, -0.15) is 0 Å². The molecule has 0 bridgehead atoms. The van der Waals surface area contributed by atoms with Gasteiger partial charge < -0.3 is 5.11 Å². The van der Waals surface area contributed by atoms with Crippen LogP contribution in [0.3, 0.4) is 0 Å². The standard InChI is InChI=1S/C15H22F4O/c1-2-15(18,19)13-6-3-11(4-7-13)12(9-16)5-8-14(20)10-17/h5,8,11,13,20H,2-4,6-7,9-10H2,1H3/b12-5+,14-8+. The molecule has 0 aliphatic heterocycles. The van der Waals surface area contributed by atoms with Crippen molar-refractivity contribution < 1.29 is 22.7 Å². The molecule has 1 nitrogen and oxygen atoms in total. The zero-order chi connectivity index (χ0) is 15.2. The molecule has 0 spiro atoms. The molecule has 0 aromatic rings. The molecule has 0 saturated heterocycles. The third-order valence-corrected chi connectivity index (χ3v) is 4.10. The number of hydrogen-bond acceptors (Lipinski definition) is 1. The fourth-order valence-corrected chi connectivity index (χ4v) is 2.71. The lowest BCUT2D eigenvalue weighted by Crippen LogP contribution is -2.31. The molecule has 116 valence electrons. The lowest BCUT2D eigenvalue weighted by Gasteiger charge is -2.33. The van der Waals surface area contributed by atoms with E-state index in [1.165, 1.54) is 13.0 Å². The van der Waals surface area contributed by atoms with Gasteiger partial charge in [-0.3, -0.25) is 0 Å². The zero-order valence-corrected chi connectivity index (χ0v) is 11.7. The van der Waals surface area contributed by atoms with Crippen LogP contribution in [0.25, 0.3) is 0 Å². The molecule has 1 aliphatic carbocycles. The summed E-state index contributed by atoms with van der Waals surface area (Å²) in [6.07, 6.45) is 4.13. The number of rotatable bonds is 6. The Kier molecular flexibility index (Phi) is 6.56. The highest BCUT2D eigenvalue weighted by atomic mass is 19.3. The molecule has 1 rings (SSSR count). The second-order valence-corrected chi connectivity index (χ2v) is 5.33. The normalized spacial score (nSPS) is 25.9. The predicted molar refractivity (Wildman–Crippen MR) is 71.4 cm³/mol. The second kappa shape index (κ2) is 7.70. The molecule has 1 saturated carbocycles. The van der Waals surface area contributed by atoms with Crippen LogP contribution < -0.4 is 0 Å². The van der Waals surface area contributed by atoms with Crippen LogP contribution in [-0.2, 0) is 0 Å². The molecule has 5 heteroatoms. The maximum Gasteiger partial charge on any atom is 0.250 e. The van der Waals surface area contributed by atoms with Crippen LogP contribution in [0, 0.1) is 11.8 Å². The van der Waals surface area contributed by atoms with Crippen LogP contribution in [0.5, 0.6) is 0 Å². The second-order valence-electron chi connectivity index (χ2n) is 5.33. The Morgan fingerprint density at radius 2 is 1.70 bits per heavy atom. The quantitative estimate of drug-likeness (QED) is 0.408. The Morgan fingerprint density at radius 1 is 1.10 bits per heavy atom. The summed E-state index contributed by atoms with van der Waals surface area (Å²) in [5.74, 6) is -3.81. The fraction of sp³-hybridized carbons (Fsp3) is 0.733. The van der Waals surface area contributed by atoms with Crippen molar-refractivity contribution in [3.8, 4) is 0 Å². The Hall–Kier alpha value is -1.00. The highest BCUT2D eigenvalue weighted by Crippen LogP contribution is 2.42. The van der Waals surface area contributed by atoms with Gasteiger partial charge in [0.25, 0.3) is 5.92 Å². The molecule has 0 unspecified atom stereocenters. The van der Waals surface area contributed by atoms with Crippen LogP contribution in [0.2, 0.25) is 0 Å². The van der Waals surface area contributed by atoms with Gasteiger partial charge in [0.1, 0.15) is 19.1 Å². The number of alkyl halides is 4. The molecule has 1 fully saturated rings. The first kappa shape index (κ1) is 17.1. The minimum Gasteiger partial charge on any atom is -0.510 e. The van der Waals surface area contributed by atoms with Crippen molar-refractivity contribution in [3.05, 3.63) is 23.5 Å². The van der Waals surface area contributed by atoms with E-state index in [1.54, 1.807) is 0 Å². The molecule has 0 radical (unpaired) electrons. The summed E-state index contributed by atoms with van der Waals surface area (Å²) in [6, 6.07) is 0. The maximum atomic E-state index is 13.6. The van der Waals surface area contributed by atoms with E-state index in [0.717, 1.165) is 6.08 Å². The van der Waals surface area contributed by atoms with Crippen molar-refractivity contribution in [2.75, 3.05) is 13.3 Å². The number of aliphatic hydroxyl groups is 1. The number of allylic oxidation sites excluding steroid dienone is 4. The summed E-state index contributed by atoms with van der Waals surface area (Å²) in [4.78, 5) is 0. The van der Waals surface area contributed by atoms with E-state index in [2.05, 4.69) is 0 Å². The Bertz CT molecular complexity index is 355. The molecule has 0 amide bonds. The summed E-state index contributed by atoms with van der Waals surface area (Å²) >= 11 is 0. The first-order valence-corrected chi connectivity index (χ1v) is 7.02. The van der Waals surface area contributed by atoms with Crippen molar-refractivity contribution in [1.29, 1.82) is 0 Å². The maximum absolute atomic E-state index is 13.6. The van der Waals surface area contributed by atoms with Gasteiger partial charge in [0.15, 0.2) is 0 Å². The molecule has 0 atom stereocenters. The minimum absolute atomic E-state index is 0.0902. The lowest BCUT2D eigenvalue weighted by atomic mass is 9.75. The van der Waals surface area contributed by atoms with Gasteiger partial charge in [-0.15, -0.1) is 0 Å². The molecular formula is C15H22F4O. The monoisotopic (exact) mass is 294 g/mol. The van der Waals surface area contributed by atoms with Crippen molar-refractivity contribution in [2.45, 2.75) is 45.0 Å². The molecule has 1 aliphatic rings. The van der Waals surface area contributed by atoms with E-state index < -0.39 is 30.9 Å². The average molecular weight is 294 g/mol. The van der Waals surface area contributed by atoms with Crippen molar-refractivity contribution in [2.24, 2.45) is 11.8 Å². The van der Waals surface area contributed by atoms with Gasteiger partial charge >= 0.3 is 0 Å². The number of halogens is 4. The molecule has 0 aromatic heterocycles. The summed E-state index contributed by atoms with van der Waals surface area (Å²) in [5.41, 5.74) is 0.447. The molecule has 1 N–H and O–H groups in total. The van der Waals surface area contributed by atoms with Gasteiger partial charge in [0.05, 0.1) is 0 Å². The number of aliphatic hydroxyl groups excluding tert-OH is 1. The smallest absolute Gasteiger partial charge is 0.250 e. The highest BCUT2D eigenvalue weighted by molar-refractivity contribution is 5.18. The van der Waals surface area contributed by atoms with E-state index in [-0.39, 0.29) is 12.3 Å². The molecule has 20 heavy (non-hydrogen) atoms. The van der Waals surface area contributed by atoms with E-state index in [0.29, 0.717) is 31.3 Å². The molecule has 0 aromatic carbocycles. The largest absolute Gasteiger partial charge is 0.510 e. The predicted octanol–water partition coefficient (Wildman–Crippen LogP) is 5.15. The van der Waals surface area contributed by atoms with Gasteiger partial charge in [0.2, 0.25) is 0 Å². The third kappa shape index (κ3) is 4.53. The zero-order valence-electron chi connectivity index (χ0n) is 11.7. The van der Waals surface area contributed by atoms with Crippen LogP contribution in [0.1, 0.15) is 39.0 Å². The van der Waals surface area contributed by atoms with Crippen LogP contribution in [-0.4, -0.2) is 24.4 Å². The molecule has 0 heterocycles. The van der Waals surface area contributed by atoms with Crippen LogP contribution in [0.15, 0.2) is 23.5 Å². The van der Waals surface area contributed by atoms with E-state index in [4.69, 9.17) is 5.11 Å². The van der Waals surface area contributed by atoms with Gasteiger partial charge in [-0.05, 0) is 43.3 Å². The first-order valence-electron chi connectivity index (χ1n) is 7.02. The molecular weight excluding hydrogens is 272 g/mol. The van der Waals surface area contributed by atoms with Crippen molar-refractivity contribution in [1.82, 2.24) is 0 Å². The third-order valence-electron chi connectivity index (χ3n) is 4.10. The lowest BCUT2D eigenvalue weighted by molar-refractivity contribution is -0.0765. The minimum atomic E-state index is -2.64. The van der Waals surface area contributed by atoms with Crippen molar-refractivity contribution >= 4 is 0 Å². The van der Waals surface area contributed by atoms with Gasteiger partial charge in [0, 0.05) is 12.3 Å². The van der Waals surface area contributed by atoms with Crippen LogP contribution in [0.4, 0.5) is 17.6 Å². The number of hydrogen-bond donors (Lipinski definition) is 1. The summed E-state index contributed by atoms with van der Waals surface area (Å²) in [7, 11) is 0. The summed E-state index contributed by atoms with van der Waals surface area (Å²) in [6.45, 7) is -0.218.